The van der Waals surface area contributed by atoms with Crippen molar-refractivity contribution < 1.29 is 9.59 Å². The maximum atomic E-state index is 12.1. The fourth-order valence-electron chi connectivity index (χ4n) is 3.48. The van der Waals surface area contributed by atoms with E-state index >= 15 is 0 Å². The van der Waals surface area contributed by atoms with Crippen molar-refractivity contribution in [3.05, 3.63) is 88.2 Å². The summed E-state index contributed by atoms with van der Waals surface area (Å²) in [6.45, 7) is 10.0. The Morgan fingerprint density at radius 2 is 1.65 bits per heavy atom. The fourth-order valence-corrected chi connectivity index (χ4v) is 3.48. The minimum absolute atomic E-state index is 0.277. The first kappa shape index (κ1) is 22.0. The average molecular weight is 417 g/mol. The molecule has 0 saturated carbocycles. The van der Waals surface area contributed by atoms with E-state index in [1.807, 2.05) is 57.2 Å². The van der Waals surface area contributed by atoms with Gasteiger partial charge >= 0.3 is 11.8 Å². The van der Waals surface area contributed by atoms with Gasteiger partial charge in [0.2, 0.25) is 0 Å². The second-order valence-corrected chi connectivity index (χ2v) is 7.74. The number of amides is 2. The van der Waals surface area contributed by atoms with E-state index < -0.39 is 11.8 Å². The summed E-state index contributed by atoms with van der Waals surface area (Å²) in [5, 5.41) is 6.66. The predicted octanol–water partition coefficient (Wildman–Crippen LogP) is 4.04. The molecule has 160 valence electrons. The summed E-state index contributed by atoms with van der Waals surface area (Å²) >= 11 is 0. The number of benzene rings is 2. The maximum absolute atomic E-state index is 12.1. The van der Waals surface area contributed by atoms with Crippen LogP contribution in [0.2, 0.25) is 0 Å². The number of hydrazone groups is 1. The van der Waals surface area contributed by atoms with Crippen molar-refractivity contribution >= 4 is 18.0 Å². The van der Waals surface area contributed by atoms with Crippen molar-refractivity contribution in [3.63, 3.8) is 0 Å². The van der Waals surface area contributed by atoms with E-state index in [0.717, 1.165) is 28.2 Å². The normalized spacial score (nSPS) is 12.0. The van der Waals surface area contributed by atoms with Crippen molar-refractivity contribution in [2.45, 2.75) is 40.7 Å². The molecular weight excluding hydrogens is 388 g/mol. The Morgan fingerprint density at radius 3 is 2.32 bits per heavy atom. The van der Waals surface area contributed by atoms with Crippen LogP contribution in [0.3, 0.4) is 0 Å². The van der Waals surface area contributed by atoms with Crippen LogP contribution in [0.15, 0.2) is 59.7 Å². The molecule has 2 amide bonds. The van der Waals surface area contributed by atoms with Gasteiger partial charge in [-0.1, -0.05) is 36.4 Å². The van der Waals surface area contributed by atoms with Crippen LogP contribution in [-0.2, 0) is 9.59 Å². The molecule has 0 saturated heterocycles. The van der Waals surface area contributed by atoms with E-state index in [1.54, 1.807) is 6.21 Å². The highest BCUT2D eigenvalue weighted by atomic mass is 16.2. The molecule has 31 heavy (non-hydrogen) atoms. The van der Waals surface area contributed by atoms with Gasteiger partial charge in [-0.25, -0.2) is 5.43 Å². The number of rotatable bonds is 5. The van der Waals surface area contributed by atoms with E-state index in [0.29, 0.717) is 0 Å². The number of hydrogen-bond acceptors (Lipinski definition) is 3. The Balaban J connectivity index is 1.66. The van der Waals surface area contributed by atoms with Crippen molar-refractivity contribution in [2.24, 2.45) is 5.10 Å². The Bertz CT molecular complexity index is 1130. The lowest BCUT2D eigenvalue weighted by Gasteiger charge is -2.13. The van der Waals surface area contributed by atoms with E-state index in [1.165, 1.54) is 11.1 Å². The predicted molar refractivity (Wildman–Crippen MR) is 123 cm³/mol. The molecule has 1 atom stereocenters. The van der Waals surface area contributed by atoms with Gasteiger partial charge in [0.15, 0.2) is 0 Å². The molecule has 0 radical (unpaired) electrons. The van der Waals surface area contributed by atoms with Gasteiger partial charge in [-0.15, -0.1) is 0 Å². The molecule has 3 rings (SSSR count). The molecule has 0 aliphatic heterocycles. The van der Waals surface area contributed by atoms with E-state index in [4.69, 9.17) is 0 Å². The number of carbonyl (C=O) groups is 2. The van der Waals surface area contributed by atoms with Gasteiger partial charge in [0, 0.05) is 22.6 Å². The minimum Gasteiger partial charge on any atom is -0.341 e. The SMILES string of the molecule is Cc1ccc(-n2c(C)cc(/C=N\NC(=O)C(=O)N[C@H](C)c3ccccc3)c2C)cc1C. The zero-order valence-electron chi connectivity index (χ0n) is 18.6. The van der Waals surface area contributed by atoms with Gasteiger partial charge in [-0.3, -0.25) is 9.59 Å². The fraction of sp³-hybridized carbons (Fsp3) is 0.240. The van der Waals surface area contributed by atoms with E-state index in [2.05, 4.69) is 52.5 Å². The molecular formula is C25H28N4O2. The lowest BCUT2D eigenvalue weighted by Crippen LogP contribution is -2.39. The summed E-state index contributed by atoms with van der Waals surface area (Å²) in [6.07, 6.45) is 1.56. The van der Waals surface area contributed by atoms with Gasteiger partial charge < -0.3 is 9.88 Å². The van der Waals surface area contributed by atoms with Gasteiger partial charge in [0.25, 0.3) is 0 Å². The third-order valence-electron chi connectivity index (χ3n) is 5.44. The maximum Gasteiger partial charge on any atom is 0.329 e. The molecule has 2 aromatic carbocycles. The Morgan fingerprint density at radius 1 is 0.935 bits per heavy atom. The number of carbonyl (C=O) groups excluding carboxylic acids is 2. The van der Waals surface area contributed by atoms with Crippen molar-refractivity contribution in [2.75, 3.05) is 0 Å². The standard InChI is InChI=1S/C25H28N4O2/c1-16-11-12-23(13-17(16)2)29-18(3)14-22(20(29)5)15-26-28-25(31)24(30)27-19(4)21-9-7-6-8-10-21/h6-15,19H,1-5H3,(H,27,30)(H,28,31)/b26-15-/t19-/m1/s1. The third kappa shape index (κ3) is 5.09. The summed E-state index contributed by atoms with van der Waals surface area (Å²) in [6, 6.07) is 17.5. The number of aromatic nitrogens is 1. The molecule has 3 aromatic rings. The van der Waals surface area contributed by atoms with E-state index in [-0.39, 0.29) is 6.04 Å². The van der Waals surface area contributed by atoms with Crippen LogP contribution in [0.5, 0.6) is 0 Å². The van der Waals surface area contributed by atoms with Gasteiger partial charge in [-0.05, 0) is 69.5 Å². The molecule has 0 fully saturated rings. The highest BCUT2D eigenvalue weighted by Gasteiger charge is 2.16. The number of hydrogen-bond donors (Lipinski definition) is 2. The largest absolute Gasteiger partial charge is 0.341 e. The first-order valence-corrected chi connectivity index (χ1v) is 10.2. The van der Waals surface area contributed by atoms with Crippen LogP contribution in [0.1, 0.15) is 46.6 Å². The molecule has 1 heterocycles. The molecule has 6 nitrogen and oxygen atoms in total. The van der Waals surface area contributed by atoms with Gasteiger partial charge in [0.05, 0.1) is 12.3 Å². The Kier molecular flexibility index (Phi) is 6.70. The second kappa shape index (κ2) is 9.43. The van der Waals surface area contributed by atoms with E-state index in [9.17, 15) is 9.59 Å². The van der Waals surface area contributed by atoms with Crippen LogP contribution in [0.4, 0.5) is 0 Å². The number of aryl methyl sites for hydroxylation is 3. The van der Waals surface area contributed by atoms with Crippen molar-refractivity contribution in [3.8, 4) is 5.69 Å². The Hall–Kier alpha value is -3.67. The quantitative estimate of drug-likeness (QED) is 0.374. The summed E-state index contributed by atoms with van der Waals surface area (Å²) < 4.78 is 2.14. The van der Waals surface area contributed by atoms with Crippen LogP contribution in [0, 0.1) is 27.7 Å². The molecule has 0 unspecified atom stereocenters. The smallest absolute Gasteiger partial charge is 0.329 e. The van der Waals surface area contributed by atoms with Crippen LogP contribution in [0.25, 0.3) is 5.69 Å². The second-order valence-electron chi connectivity index (χ2n) is 7.74. The summed E-state index contributed by atoms with van der Waals surface area (Å²) in [7, 11) is 0. The molecule has 0 bridgehead atoms. The van der Waals surface area contributed by atoms with Crippen LogP contribution >= 0.6 is 0 Å². The number of nitrogens with zero attached hydrogens (tertiary/aromatic N) is 2. The molecule has 2 N–H and O–H groups in total. The van der Waals surface area contributed by atoms with Crippen LogP contribution in [-0.4, -0.2) is 22.6 Å². The van der Waals surface area contributed by atoms with Crippen molar-refractivity contribution in [1.29, 1.82) is 0 Å². The van der Waals surface area contributed by atoms with Gasteiger partial charge in [0.1, 0.15) is 0 Å². The highest BCUT2D eigenvalue weighted by Crippen LogP contribution is 2.21. The Labute approximate surface area is 183 Å². The first-order valence-electron chi connectivity index (χ1n) is 10.2. The number of nitrogens with one attached hydrogen (secondary N) is 2. The average Bonchev–Trinajstić information content (AvgIpc) is 3.03. The zero-order valence-corrected chi connectivity index (χ0v) is 18.6. The first-order chi connectivity index (χ1) is 14.8. The topological polar surface area (TPSA) is 75.5 Å². The molecule has 1 aromatic heterocycles. The summed E-state index contributed by atoms with van der Waals surface area (Å²) in [5.41, 5.74) is 9.71. The molecule has 6 heteroatoms. The molecule has 0 aliphatic rings. The molecule has 0 spiro atoms. The van der Waals surface area contributed by atoms with Crippen molar-refractivity contribution in [1.82, 2.24) is 15.3 Å². The lowest BCUT2D eigenvalue weighted by molar-refractivity contribution is -0.139. The zero-order chi connectivity index (χ0) is 22.5. The lowest BCUT2D eigenvalue weighted by atomic mass is 10.1. The summed E-state index contributed by atoms with van der Waals surface area (Å²) in [4.78, 5) is 24.2. The summed E-state index contributed by atoms with van der Waals surface area (Å²) in [5.74, 6) is -1.53. The highest BCUT2D eigenvalue weighted by molar-refractivity contribution is 6.35. The minimum atomic E-state index is -0.804. The molecule has 0 aliphatic carbocycles. The van der Waals surface area contributed by atoms with Crippen LogP contribution < -0.4 is 10.7 Å². The third-order valence-corrected chi connectivity index (χ3v) is 5.44. The monoisotopic (exact) mass is 416 g/mol. The van der Waals surface area contributed by atoms with Gasteiger partial charge in [-0.2, -0.15) is 5.10 Å².